The van der Waals surface area contributed by atoms with Crippen LogP contribution in [0.4, 0.5) is 0 Å². The van der Waals surface area contributed by atoms with Gasteiger partial charge >= 0.3 is 17.7 Å². The molecule has 8 nitrogen and oxygen atoms in total. The van der Waals surface area contributed by atoms with Crippen molar-refractivity contribution < 1.29 is 33.4 Å². The van der Waals surface area contributed by atoms with Crippen molar-refractivity contribution in [2.24, 2.45) is 29.1 Å². The van der Waals surface area contributed by atoms with E-state index in [9.17, 15) is 19.2 Å². The number of allylic oxidation sites excluding steroid dienone is 1. The Balaban J connectivity index is 2.16. The van der Waals surface area contributed by atoms with Crippen LogP contribution in [0.25, 0.3) is 5.53 Å². The summed E-state index contributed by atoms with van der Waals surface area (Å²) in [5.41, 5.74) is 8.31. The lowest BCUT2D eigenvalue weighted by Crippen LogP contribution is -2.37. The first-order valence-electron chi connectivity index (χ1n) is 10.4. The Morgan fingerprint density at radius 3 is 2.37 bits per heavy atom. The summed E-state index contributed by atoms with van der Waals surface area (Å²) in [6, 6.07) is 0. The number of rotatable bonds is 10. The van der Waals surface area contributed by atoms with E-state index in [-0.39, 0.29) is 36.1 Å². The molecule has 0 aromatic rings. The number of ether oxygens (including phenoxy) is 2. The Morgan fingerprint density at radius 1 is 1.23 bits per heavy atom. The summed E-state index contributed by atoms with van der Waals surface area (Å²) < 4.78 is 10.2. The number of hydrogen-bond donors (Lipinski definition) is 0. The second-order valence-corrected chi connectivity index (χ2v) is 8.60. The second kappa shape index (κ2) is 9.47. The fourth-order valence-electron chi connectivity index (χ4n) is 4.91. The minimum absolute atomic E-state index is 0.00251. The van der Waals surface area contributed by atoms with Crippen molar-refractivity contribution in [2.45, 2.75) is 59.5 Å². The highest BCUT2D eigenvalue weighted by molar-refractivity contribution is 6.62. The van der Waals surface area contributed by atoms with Crippen molar-refractivity contribution in [3.8, 4) is 0 Å². The van der Waals surface area contributed by atoms with Gasteiger partial charge in [0.2, 0.25) is 0 Å². The minimum Gasteiger partial charge on any atom is -0.462 e. The third-order valence-electron chi connectivity index (χ3n) is 6.44. The SMILES string of the molecule is C=C[C@H]1[C@@H]([C@H](CC(=O)[C@H]2CCC[C@@H]2C(=O)C(=[N+]=[N-])C(=O)OCC)OC(C)=O)C1(C)C. The standard InChI is InChI=1S/C22H30N2O6/c1-6-15-18(22(15,4)5)17(30-12(3)25)11-16(26)13-9-8-10-14(13)20(27)19(24-23)21(28)29-7-2/h6,13-15,17-18H,1,7-11H2,2-5H3/t13-,14-,15-,17-,18-/m0/s1. The lowest BCUT2D eigenvalue weighted by atomic mass is 9.84. The van der Waals surface area contributed by atoms with Gasteiger partial charge in [0.05, 0.1) is 6.61 Å². The van der Waals surface area contributed by atoms with Crippen molar-refractivity contribution in [3.05, 3.63) is 18.2 Å². The molecule has 0 aromatic heterocycles. The van der Waals surface area contributed by atoms with Crippen molar-refractivity contribution in [2.75, 3.05) is 6.61 Å². The summed E-state index contributed by atoms with van der Waals surface area (Å²) in [5, 5.41) is 0. The number of esters is 2. The van der Waals surface area contributed by atoms with E-state index in [1.807, 2.05) is 19.9 Å². The monoisotopic (exact) mass is 418 g/mol. The van der Waals surface area contributed by atoms with Crippen molar-refractivity contribution >= 4 is 29.2 Å². The Hall–Kier alpha value is -2.60. The van der Waals surface area contributed by atoms with E-state index in [0.29, 0.717) is 19.3 Å². The lowest BCUT2D eigenvalue weighted by Gasteiger charge is -2.21. The van der Waals surface area contributed by atoms with Crippen molar-refractivity contribution in [1.29, 1.82) is 0 Å². The summed E-state index contributed by atoms with van der Waals surface area (Å²) in [5.74, 6) is -3.61. The van der Waals surface area contributed by atoms with E-state index in [2.05, 4.69) is 11.4 Å². The summed E-state index contributed by atoms with van der Waals surface area (Å²) in [6.07, 6.45) is 2.75. The largest absolute Gasteiger partial charge is 0.462 e. The van der Waals surface area contributed by atoms with E-state index in [1.54, 1.807) is 6.92 Å². The number of ketones is 2. The number of carbonyl (C=O) groups is 4. The Morgan fingerprint density at radius 2 is 1.87 bits per heavy atom. The zero-order chi connectivity index (χ0) is 22.6. The van der Waals surface area contributed by atoms with Crippen molar-refractivity contribution in [3.63, 3.8) is 0 Å². The summed E-state index contributed by atoms with van der Waals surface area (Å²) >= 11 is 0. The summed E-state index contributed by atoms with van der Waals surface area (Å²) in [6.45, 7) is 10.8. The first-order valence-corrected chi connectivity index (χ1v) is 10.4. The van der Waals surface area contributed by atoms with Gasteiger partial charge in [0.15, 0.2) is 0 Å². The minimum atomic E-state index is -1.01. The van der Waals surface area contributed by atoms with Crippen LogP contribution in [0, 0.1) is 29.1 Å². The van der Waals surface area contributed by atoms with Gasteiger partial charge in [-0.05, 0) is 31.1 Å². The van der Waals surface area contributed by atoms with Crippen LogP contribution in [-0.2, 0) is 28.7 Å². The van der Waals surface area contributed by atoms with Gasteiger partial charge in [-0.2, -0.15) is 4.79 Å². The molecule has 2 rings (SSSR count). The van der Waals surface area contributed by atoms with Gasteiger partial charge in [0.25, 0.3) is 5.78 Å². The molecule has 0 spiro atoms. The highest BCUT2D eigenvalue weighted by Gasteiger charge is 2.61. The smallest absolute Gasteiger partial charge is 0.441 e. The molecule has 0 aliphatic heterocycles. The van der Waals surface area contributed by atoms with Crippen molar-refractivity contribution in [1.82, 2.24) is 0 Å². The van der Waals surface area contributed by atoms with Crippen LogP contribution in [0.5, 0.6) is 0 Å². The molecule has 0 aromatic carbocycles. The maximum absolute atomic E-state index is 13.1. The quantitative estimate of drug-likeness (QED) is 0.134. The predicted molar refractivity (Wildman–Crippen MR) is 107 cm³/mol. The molecule has 0 bridgehead atoms. The molecule has 8 heteroatoms. The van der Waals surface area contributed by atoms with E-state index in [4.69, 9.17) is 15.0 Å². The van der Waals surface area contributed by atoms with E-state index >= 15 is 0 Å². The molecule has 0 radical (unpaired) electrons. The van der Waals surface area contributed by atoms with Gasteiger partial charge in [0.1, 0.15) is 11.9 Å². The van der Waals surface area contributed by atoms with Crippen LogP contribution < -0.4 is 0 Å². The molecule has 0 unspecified atom stereocenters. The van der Waals surface area contributed by atoms with E-state index < -0.39 is 41.4 Å². The van der Waals surface area contributed by atoms with E-state index in [0.717, 1.165) is 0 Å². The van der Waals surface area contributed by atoms with Crippen LogP contribution in [0.3, 0.4) is 0 Å². The molecule has 2 fully saturated rings. The maximum atomic E-state index is 13.1. The topological polar surface area (TPSA) is 123 Å². The van der Waals surface area contributed by atoms with Crippen LogP contribution in [0.2, 0.25) is 0 Å². The molecule has 164 valence electrons. The summed E-state index contributed by atoms with van der Waals surface area (Å²) in [7, 11) is 0. The van der Waals surface area contributed by atoms with Gasteiger partial charge in [0, 0.05) is 31.1 Å². The average molecular weight is 418 g/mol. The highest BCUT2D eigenvalue weighted by Crippen LogP contribution is 2.61. The molecule has 2 aliphatic rings. The first kappa shape index (κ1) is 23.7. The molecule has 2 saturated carbocycles. The fraction of sp³-hybridized carbons (Fsp3) is 0.682. The van der Waals surface area contributed by atoms with Gasteiger partial charge in [-0.15, -0.1) is 6.58 Å². The third-order valence-corrected chi connectivity index (χ3v) is 6.44. The molecule has 0 heterocycles. The summed E-state index contributed by atoms with van der Waals surface area (Å²) in [4.78, 5) is 52.2. The lowest BCUT2D eigenvalue weighted by molar-refractivity contribution is -0.150. The number of carbonyl (C=O) groups excluding carboxylic acids is 4. The van der Waals surface area contributed by atoms with E-state index in [1.165, 1.54) is 6.92 Å². The zero-order valence-electron chi connectivity index (χ0n) is 18.1. The Bertz CT molecular complexity index is 795. The Labute approximate surface area is 176 Å². The van der Waals surface area contributed by atoms with Crippen LogP contribution in [0.15, 0.2) is 12.7 Å². The predicted octanol–water partition coefficient (Wildman–Crippen LogP) is 2.55. The van der Waals surface area contributed by atoms with Gasteiger partial charge in [-0.3, -0.25) is 14.4 Å². The van der Waals surface area contributed by atoms with Gasteiger partial charge < -0.3 is 15.0 Å². The number of hydrogen-bond acceptors (Lipinski definition) is 6. The highest BCUT2D eigenvalue weighted by atomic mass is 16.5. The number of nitrogens with zero attached hydrogens (tertiary/aromatic N) is 2. The third kappa shape index (κ3) is 4.75. The van der Waals surface area contributed by atoms with Gasteiger partial charge in [-0.1, -0.05) is 26.3 Å². The fourth-order valence-corrected chi connectivity index (χ4v) is 4.91. The molecule has 30 heavy (non-hydrogen) atoms. The second-order valence-electron chi connectivity index (χ2n) is 8.60. The van der Waals surface area contributed by atoms with Crippen LogP contribution in [0.1, 0.15) is 53.4 Å². The average Bonchev–Trinajstić information content (AvgIpc) is 3.01. The number of Topliss-reactive ketones (excluding diaryl/α,β-unsaturated/α-hetero) is 2. The molecule has 5 atom stereocenters. The van der Waals surface area contributed by atoms with Crippen LogP contribution >= 0.6 is 0 Å². The van der Waals surface area contributed by atoms with Crippen LogP contribution in [-0.4, -0.2) is 46.7 Å². The molecular formula is C22H30N2O6. The maximum Gasteiger partial charge on any atom is 0.441 e. The normalized spacial score (nSPS) is 27.3. The van der Waals surface area contributed by atoms with Gasteiger partial charge in [-0.25, -0.2) is 4.79 Å². The first-order chi connectivity index (χ1) is 14.1. The molecule has 0 saturated heterocycles. The molecule has 0 N–H and O–H groups in total. The molecular weight excluding hydrogens is 388 g/mol. The Kier molecular flexibility index (Phi) is 7.48. The molecule has 2 aliphatic carbocycles. The zero-order valence-corrected chi connectivity index (χ0v) is 18.1. The molecule has 0 amide bonds.